The van der Waals surface area contributed by atoms with Crippen LogP contribution in [0.2, 0.25) is 5.02 Å². The fourth-order valence-corrected chi connectivity index (χ4v) is 2.36. The molecule has 20 heavy (non-hydrogen) atoms. The van der Waals surface area contributed by atoms with Crippen LogP contribution in [-0.2, 0) is 18.4 Å². The molecule has 1 amide bonds. The molecular formula is C14H19Cl2N3O. The van der Waals surface area contributed by atoms with Gasteiger partial charge in [-0.2, -0.15) is 5.10 Å². The van der Waals surface area contributed by atoms with E-state index in [1.165, 1.54) is 0 Å². The lowest BCUT2D eigenvalue weighted by molar-refractivity contribution is -0.130. The van der Waals surface area contributed by atoms with Gasteiger partial charge in [0.25, 0.3) is 0 Å². The molecule has 0 spiro atoms. The van der Waals surface area contributed by atoms with Crippen molar-refractivity contribution in [1.82, 2.24) is 14.7 Å². The summed E-state index contributed by atoms with van der Waals surface area (Å²) in [7, 11) is 1.79. The quantitative estimate of drug-likeness (QED) is 0.598. The maximum atomic E-state index is 12.0. The maximum Gasteiger partial charge on any atom is 0.237 e. The summed E-state index contributed by atoms with van der Waals surface area (Å²) < 4.78 is 1.66. The van der Waals surface area contributed by atoms with Crippen LogP contribution in [0, 0.1) is 17.8 Å². The zero-order valence-corrected chi connectivity index (χ0v) is 13.5. The number of amides is 1. The van der Waals surface area contributed by atoms with Gasteiger partial charge in [0, 0.05) is 20.0 Å². The molecule has 0 unspecified atom stereocenters. The van der Waals surface area contributed by atoms with E-state index in [0.717, 1.165) is 5.69 Å². The molecule has 110 valence electrons. The first-order valence-electron chi connectivity index (χ1n) is 6.24. The second-order valence-corrected chi connectivity index (χ2v) is 6.17. The minimum Gasteiger partial charge on any atom is -0.335 e. The van der Waals surface area contributed by atoms with Crippen molar-refractivity contribution in [2.24, 2.45) is 12.5 Å². The highest BCUT2D eigenvalue weighted by molar-refractivity contribution is 6.31. The van der Waals surface area contributed by atoms with Crippen LogP contribution in [0.15, 0.2) is 6.20 Å². The smallest absolute Gasteiger partial charge is 0.237 e. The lowest BCUT2D eigenvalue weighted by atomic mass is 9.89. The van der Waals surface area contributed by atoms with Gasteiger partial charge < -0.3 is 4.90 Å². The van der Waals surface area contributed by atoms with E-state index >= 15 is 0 Å². The SMILES string of the molecule is C#CCC(C)(C)CN(Cc1c(Cl)cnn1C)C(=O)CCl. The molecule has 0 saturated carbocycles. The Balaban J connectivity index is 2.92. The number of hydrogen-bond donors (Lipinski definition) is 0. The molecule has 0 atom stereocenters. The van der Waals surface area contributed by atoms with Gasteiger partial charge in [-0.15, -0.1) is 23.9 Å². The third-order valence-corrected chi connectivity index (χ3v) is 3.56. The summed E-state index contributed by atoms with van der Waals surface area (Å²) in [5.74, 6) is 2.43. The highest BCUT2D eigenvalue weighted by Gasteiger charge is 2.25. The van der Waals surface area contributed by atoms with E-state index in [9.17, 15) is 4.79 Å². The van der Waals surface area contributed by atoms with E-state index in [-0.39, 0.29) is 17.2 Å². The molecule has 0 aliphatic rings. The van der Waals surface area contributed by atoms with Crippen LogP contribution in [0.3, 0.4) is 0 Å². The van der Waals surface area contributed by atoms with Crippen LogP contribution in [0.5, 0.6) is 0 Å². The number of carbonyl (C=O) groups is 1. The van der Waals surface area contributed by atoms with Crippen molar-refractivity contribution in [3.05, 3.63) is 16.9 Å². The van der Waals surface area contributed by atoms with Gasteiger partial charge >= 0.3 is 0 Å². The third-order valence-electron chi connectivity index (χ3n) is 3.02. The van der Waals surface area contributed by atoms with Gasteiger partial charge in [0.2, 0.25) is 5.91 Å². The summed E-state index contributed by atoms with van der Waals surface area (Å²) in [4.78, 5) is 13.7. The zero-order chi connectivity index (χ0) is 15.3. The average Bonchev–Trinajstić information content (AvgIpc) is 2.68. The molecule has 4 nitrogen and oxygen atoms in total. The predicted molar refractivity (Wildman–Crippen MR) is 81.6 cm³/mol. The average molecular weight is 316 g/mol. The summed E-state index contributed by atoms with van der Waals surface area (Å²) in [5, 5.41) is 4.61. The largest absolute Gasteiger partial charge is 0.335 e. The van der Waals surface area contributed by atoms with Crippen molar-refractivity contribution < 1.29 is 4.79 Å². The number of aromatic nitrogens is 2. The summed E-state index contributed by atoms with van der Waals surface area (Å²) in [6, 6.07) is 0. The van der Waals surface area contributed by atoms with Crippen LogP contribution in [0.4, 0.5) is 0 Å². The predicted octanol–water partition coefficient (Wildman–Crippen LogP) is 2.69. The summed E-state index contributed by atoms with van der Waals surface area (Å²) in [6.07, 6.45) is 7.51. The first-order valence-corrected chi connectivity index (χ1v) is 7.15. The molecule has 0 saturated heterocycles. The van der Waals surface area contributed by atoms with Crippen molar-refractivity contribution in [2.75, 3.05) is 12.4 Å². The van der Waals surface area contributed by atoms with Crippen molar-refractivity contribution in [3.63, 3.8) is 0 Å². The van der Waals surface area contributed by atoms with E-state index in [0.29, 0.717) is 24.5 Å². The first-order chi connectivity index (χ1) is 9.30. The molecule has 0 bridgehead atoms. The molecule has 1 aromatic heterocycles. The van der Waals surface area contributed by atoms with E-state index < -0.39 is 0 Å². The van der Waals surface area contributed by atoms with Gasteiger partial charge in [0.1, 0.15) is 5.88 Å². The van der Waals surface area contributed by atoms with Crippen LogP contribution in [0.25, 0.3) is 0 Å². The second-order valence-electron chi connectivity index (χ2n) is 5.49. The highest BCUT2D eigenvalue weighted by atomic mass is 35.5. The summed E-state index contributed by atoms with van der Waals surface area (Å²) in [5.41, 5.74) is 0.600. The van der Waals surface area contributed by atoms with E-state index in [2.05, 4.69) is 11.0 Å². The number of carbonyl (C=O) groups excluding carboxylic acids is 1. The van der Waals surface area contributed by atoms with Crippen molar-refractivity contribution in [1.29, 1.82) is 0 Å². The van der Waals surface area contributed by atoms with Crippen molar-refractivity contribution in [2.45, 2.75) is 26.8 Å². The van der Waals surface area contributed by atoms with E-state index in [1.807, 2.05) is 13.8 Å². The number of hydrogen-bond acceptors (Lipinski definition) is 2. The molecule has 0 fully saturated rings. The zero-order valence-electron chi connectivity index (χ0n) is 12.0. The molecule has 1 heterocycles. The minimum atomic E-state index is -0.179. The molecular weight excluding hydrogens is 297 g/mol. The normalized spacial score (nSPS) is 11.2. The number of terminal acetylenes is 1. The highest BCUT2D eigenvalue weighted by Crippen LogP contribution is 2.24. The molecule has 0 aromatic carbocycles. The van der Waals surface area contributed by atoms with Gasteiger partial charge in [-0.3, -0.25) is 9.48 Å². The molecule has 0 aliphatic carbocycles. The van der Waals surface area contributed by atoms with Gasteiger partial charge in [-0.25, -0.2) is 0 Å². The fraction of sp³-hybridized carbons (Fsp3) is 0.571. The lowest BCUT2D eigenvalue weighted by Crippen LogP contribution is -2.39. The van der Waals surface area contributed by atoms with Crippen LogP contribution >= 0.6 is 23.2 Å². The Hall–Kier alpha value is -1.18. The molecule has 1 rings (SSSR count). The van der Waals surface area contributed by atoms with Crippen molar-refractivity contribution in [3.8, 4) is 12.3 Å². The Morgan fingerprint density at radius 2 is 2.25 bits per heavy atom. The Morgan fingerprint density at radius 1 is 1.60 bits per heavy atom. The topological polar surface area (TPSA) is 38.1 Å². The Morgan fingerprint density at radius 3 is 2.70 bits per heavy atom. The second kappa shape index (κ2) is 7.01. The number of nitrogens with zero attached hydrogens (tertiary/aromatic N) is 3. The molecule has 0 N–H and O–H groups in total. The third kappa shape index (κ3) is 4.43. The van der Waals surface area contributed by atoms with E-state index in [1.54, 1.807) is 22.8 Å². The van der Waals surface area contributed by atoms with Gasteiger partial charge in [0.15, 0.2) is 0 Å². The van der Waals surface area contributed by atoms with E-state index in [4.69, 9.17) is 29.6 Å². The number of halogens is 2. The first kappa shape index (κ1) is 16.9. The maximum absolute atomic E-state index is 12.0. The Labute approximate surface area is 130 Å². The van der Waals surface area contributed by atoms with Crippen LogP contribution < -0.4 is 0 Å². The van der Waals surface area contributed by atoms with Gasteiger partial charge in [-0.05, 0) is 5.41 Å². The summed E-state index contributed by atoms with van der Waals surface area (Å²) >= 11 is 11.8. The summed E-state index contributed by atoms with van der Waals surface area (Å²) in [6.45, 7) is 4.93. The molecule has 0 aliphatic heterocycles. The standard InChI is InChI=1S/C14H19Cl2N3O/c1-5-6-14(2,3)10-19(13(20)7-15)9-12-11(16)8-17-18(12)4/h1,8H,6-7,9-10H2,2-4H3. The van der Waals surface area contributed by atoms with Crippen LogP contribution in [-0.4, -0.2) is 33.0 Å². The minimum absolute atomic E-state index is 0.0679. The monoisotopic (exact) mass is 315 g/mol. The Kier molecular flexibility index (Phi) is 5.91. The molecule has 0 radical (unpaired) electrons. The Bertz CT molecular complexity index is 497. The fourth-order valence-electron chi connectivity index (χ4n) is 1.96. The molecule has 1 aromatic rings. The van der Waals surface area contributed by atoms with Crippen LogP contribution in [0.1, 0.15) is 26.0 Å². The number of aryl methyl sites for hydroxylation is 1. The lowest BCUT2D eigenvalue weighted by Gasteiger charge is -2.31. The van der Waals surface area contributed by atoms with Crippen molar-refractivity contribution >= 4 is 29.1 Å². The number of rotatable bonds is 6. The van der Waals surface area contributed by atoms with Gasteiger partial charge in [0.05, 0.1) is 23.5 Å². The molecule has 6 heteroatoms. The number of alkyl halides is 1. The van der Waals surface area contributed by atoms with Gasteiger partial charge in [-0.1, -0.05) is 25.4 Å².